The third-order valence-corrected chi connectivity index (χ3v) is 3.93. The van der Waals surface area contributed by atoms with Gasteiger partial charge in [0.05, 0.1) is 24.0 Å². The molecule has 2 amide bonds. The molecule has 0 radical (unpaired) electrons. The van der Waals surface area contributed by atoms with Crippen LogP contribution in [-0.2, 0) is 4.79 Å². The molecular formula is C16H20N4O3S. The van der Waals surface area contributed by atoms with Crippen LogP contribution in [0.1, 0.15) is 35.4 Å². The van der Waals surface area contributed by atoms with Crippen molar-refractivity contribution in [3.8, 4) is 5.75 Å². The summed E-state index contributed by atoms with van der Waals surface area (Å²) in [5.41, 5.74) is 1.11. The maximum Gasteiger partial charge on any atom is 0.273 e. The summed E-state index contributed by atoms with van der Waals surface area (Å²) >= 11 is 0.988. The Labute approximate surface area is 145 Å². The number of hydrogen-bond donors (Lipinski definition) is 1. The SMILES string of the molecule is CCC(NC(=O)c1cnsn1)c1ccccc1OCC(=O)N(C)C. The molecule has 1 atom stereocenters. The van der Waals surface area contributed by atoms with Crippen molar-refractivity contribution in [1.82, 2.24) is 19.0 Å². The minimum absolute atomic E-state index is 0.0512. The first-order valence-electron chi connectivity index (χ1n) is 7.53. The number of nitrogens with zero attached hydrogens (tertiary/aromatic N) is 3. The third-order valence-electron chi connectivity index (χ3n) is 3.45. The molecule has 0 saturated carbocycles. The van der Waals surface area contributed by atoms with Crippen LogP contribution in [-0.4, -0.2) is 46.2 Å². The zero-order valence-corrected chi connectivity index (χ0v) is 14.7. The number of amides is 2. The predicted octanol–water partition coefficient (Wildman–Crippen LogP) is 1.89. The molecule has 7 nitrogen and oxygen atoms in total. The molecule has 0 saturated heterocycles. The zero-order chi connectivity index (χ0) is 17.5. The average molecular weight is 348 g/mol. The van der Waals surface area contributed by atoms with E-state index in [2.05, 4.69) is 14.1 Å². The van der Waals surface area contributed by atoms with Crippen LogP contribution in [0.15, 0.2) is 30.5 Å². The van der Waals surface area contributed by atoms with Gasteiger partial charge in [-0.3, -0.25) is 9.59 Å². The Bertz CT molecular complexity index is 688. The summed E-state index contributed by atoms with van der Waals surface area (Å²) < 4.78 is 13.4. The summed E-state index contributed by atoms with van der Waals surface area (Å²) in [7, 11) is 3.35. The summed E-state index contributed by atoms with van der Waals surface area (Å²) in [6.07, 6.45) is 2.11. The first-order valence-corrected chi connectivity index (χ1v) is 8.26. The van der Waals surface area contributed by atoms with Gasteiger partial charge in [-0.15, -0.1) is 0 Å². The van der Waals surface area contributed by atoms with Gasteiger partial charge in [-0.1, -0.05) is 25.1 Å². The lowest BCUT2D eigenvalue weighted by Crippen LogP contribution is -2.30. The highest BCUT2D eigenvalue weighted by Crippen LogP contribution is 2.27. The van der Waals surface area contributed by atoms with E-state index in [1.54, 1.807) is 20.2 Å². The topological polar surface area (TPSA) is 84.4 Å². The maximum atomic E-state index is 12.2. The van der Waals surface area contributed by atoms with Crippen molar-refractivity contribution in [1.29, 1.82) is 0 Å². The number of benzene rings is 1. The number of carbonyl (C=O) groups is 2. The third kappa shape index (κ3) is 4.51. The van der Waals surface area contributed by atoms with Crippen LogP contribution >= 0.6 is 11.7 Å². The summed E-state index contributed by atoms with van der Waals surface area (Å²) in [5.74, 6) is 0.168. The van der Waals surface area contributed by atoms with E-state index in [1.165, 1.54) is 11.1 Å². The molecule has 1 aromatic heterocycles. The average Bonchev–Trinajstić information content (AvgIpc) is 3.12. The van der Waals surface area contributed by atoms with E-state index in [9.17, 15) is 9.59 Å². The van der Waals surface area contributed by atoms with Crippen LogP contribution in [0.2, 0.25) is 0 Å². The maximum absolute atomic E-state index is 12.2. The lowest BCUT2D eigenvalue weighted by atomic mass is 10.0. The molecule has 1 heterocycles. The van der Waals surface area contributed by atoms with Gasteiger partial charge < -0.3 is 15.0 Å². The van der Waals surface area contributed by atoms with Crippen molar-refractivity contribution in [2.24, 2.45) is 0 Å². The van der Waals surface area contributed by atoms with Crippen LogP contribution in [0.5, 0.6) is 5.75 Å². The Balaban J connectivity index is 2.13. The van der Waals surface area contributed by atoms with Crippen molar-refractivity contribution in [2.45, 2.75) is 19.4 Å². The molecule has 1 aromatic carbocycles. The second kappa shape index (κ2) is 8.39. The molecule has 8 heteroatoms. The molecule has 128 valence electrons. The van der Waals surface area contributed by atoms with Gasteiger partial charge in [0, 0.05) is 19.7 Å². The van der Waals surface area contributed by atoms with Gasteiger partial charge in [0.15, 0.2) is 12.3 Å². The van der Waals surface area contributed by atoms with Gasteiger partial charge in [-0.2, -0.15) is 8.75 Å². The van der Waals surface area contributed by atoms with Gasteiger partial charge in [0.2, 0.25) is 0 Å². The number of hydrogen-bond acceptors (Lipinski definition) is 6. The Hall–Kier alpha value is -2.48. The van der Waals surface area contributed by atoms with Gasteiger partial charge >= 0.3 is 0 Å². The standard InChI is InChI=1S/C16H20N4O3S/c1-4-12(18-16(22)13-9-17-24-19-13)11-7-5-6-8-14(11)23-10-15(21)20(2)3/h5-9,12H,4,10H2,1-3H3,(H,18,22). The van der Waals surface area contributed by atoms with E-state index in [-0.39, 0.29) is 24.5 Å². The van der Waals surface area contributed by atoms with E-state index in [0.29, 0.717) is 17.9 Å². The van der Waals surface area contributed by atoms with Gasteiger partial charge in [0.1, 0.15) is 5.75 Å². The van der Waals surface area contributed by atoms with E-state index in [4.69, 9.17) is 4.74 Å². The lowest BCUT2D eigenvalue weighted by molar-refractivity contribution is -0.130. The fourth-order valence-corrected chi connectivity index (χ4v) is 2.48. The summed E-state index contributed by atoms with van der Waals surface area (Å²) in [5, 5.41) is 2.93. The highest BCUT2D eigenvalue weighted by molar-refractivity contribution is 6.99. The predicted molar refractivity (Wildman–Crippen MR) is 91.0 cm³/mol. The fourth-order valence-electron chi connectivity index (χ4n) is 2.07. The zero-order valence-electron chi connectivity index (χ0n) is 13.9. The lowest BCUT2D eigenvalue weighted by Gasteiger charge is -2.20. The summed E-state index contributed by atoms with van der Waals surface area (Å²) in [6, 6.07) is 7.12. The molecule has 0 aliphatic carbocycles. The van der Waals surface area contributed by atoms with Crippen LogP contribution in [0, 0.1) is 0 Å². The summed E-state index contributed by atoms with van der Waals surface area (Å²) in [6.45, 7) is 1.91. The number of ether oxygens (including phenoxy) is 1. The molecule has 1 N–H and O–H groups in total. The molecule has 24 heavy (non-hydrogen) atoms. The highest BCUT2D eigenvalue weighted by atomic mass is 32.1. The Morgan fingerprint density at radius 1 is 1.33 bits per heavy atom. The van der Waals surface area contributed by atoms with E-state index < -0.39 is 0 Å². The van der Waals surface area contributed by atoms with Gasteiger partial charge in [-0.25, -0.2) is 0 Å². The Morgan fingerprint density at radius 3 is 2.71 bits per heavy atom. The van der Waals surface area contributed by atoms with Crippen LogP contribution in [0.25, 0.3) is 0 Å². The van der Waals surface area contributed by atoms with Gasteiger partial charge in [-0.05, 0) is 12.5 Å². The van der Waals surface area contributed by atoms with Gasteiger partial charge in [0.25, 0.3) is 11.8 Å². The van der Waals surface area contributed by atoms with E-state index in [0.717, 1.165) is 17.3 Å². The number of rotatable bonds is 7. The smallest absolute Gasteiger partial charge is 0.273 e. The second-order valence-corrected chi connectivity index (χ2v) is 5.90. The van der Waals surface area contributed by atoms with Crippen molar-refractivity contribution in [3.05, 3.63) is 41.7 Å². The normalized spacial score (nSPS) is 11.6. The molecule has 0 bridgehead atoms. The number of para-hydroxylation sites is 1. The Kier molecular flexibility index (Phi) is 6.25. The van der Waals surface area contributed by atoms with Crippen LogP contribution in [0.3, 0.4) is 0 Å². The van der Waals surface area contributed by atoms with E-state index >= 15 is 0 Å². The number of nitrogens with one attached hydrogen (secondary N) is 1. The van der Waals surface area contributed by atoms with Crippen LogP contribution in [0.4, 0.5) is 0 Å². The summed E-state index contributed by atoms with van der Waals surface area (Å²) in [4.78, 5) is 25.4. The second-order valence-electron chi connectivity index (χ2n) is 5.34. The first-order chi connectivity index (χ1) is 11.5. The molecule has 0 fully saturated rings. The largest absolute Gasteiger partial charge is 0.483 e. The molecule has 0 aliphatic rings. The molecule has 1 unspecified atom stereocenters. The van der Waals surface area contributed by atoms with Crippen molar-refractivity contribution < 1.29 is 14.3 Å². The Morgan fingerprint density at radius 2 is 2.08 bits per heavy atom. The monoisotopic (exact) mass is 348 g/mol. The minimum Gasteiger partial charge on any atom is -0.483 e. The van der Waals surface area contributed by atoms with Crippen molar-refractivity contribution in [3.63, 3.8) is 0 Å². The van der Waals surface area contributed by atoms with Crippen LogP contribution < -0.4 is 10.1 Å². The number of aromatic nitrogens is 2. The first kappa shape index (κ1) is 17.9. The number of likely N-dealkylation sites (N-methyl/N-ethyl adjacent to an activating group) is 1. The number of carbonyl (C=O) groups excluding carboxylic acids is 2. The molecule has 0 aliphatic heterocycles. The van der Waals surface area contributed by atoms with E-state index in [1.807, 2.05) is 25.1 Å². The van der Waals surface area contributed by atoms with Crippen molar-refractivity contribution in [2.75, 3.05) is 20.7 Å². The molecule has 2 aromatic rings. The highest BCUT2D eigenvalue weighted by Gasteiger charge is 2.19. The fraction of sp³-hybridized carbons (Fsp3) is 0.375. The minimum atomic E-state index is -0.283. The molecule has 2 rings (SSSR count). The quantitative estimate of drug-likeness (QED) is 0.826. The molecule has 0 spiro atoms. The molecular weight excluding hydrogens is 328 g/mol. The van der Waals surface area contributed by atoms with Crippen molar-refractivity contribution >= 4 is 23.5 Å².